The largest absolute Gasteiger partial charge is 0.350 e. The molecule has 0 aliphatic carbocycles. The van der Waals surface area contributed by atoms with E-state index in [0.717, 1.165) is 0 Å². The van der Waals surface area contributed by atoms with Gasteiger partial charge in [-0.1, -0.05) is 12.1 Å². The van der Waals surface area contributed by atoms with Crippen LogP contribution >= 0.6 is 11.6 Å². The van der Waals surface area contributed by atoms with Crippen LogP contribution in [0.4, 0.5) is 4.39 Å². The van der Waals surface area contributed by atoms with E-state index in [-0.39, 0.29) is 10.9 Å². The highest BCUT2D eigenvalue weighted by atomic mass is 35.5. The molecule has 15 heavy (non-hydrogen) atoms. The van der Waals surface area contributed by atoms with Crippen molar-refractivity contribution in [1.29, 1.82) is 0 Å². The van der Waals surface area contributed by atoms with Crippen molar-refractivity contribution in [3.05, 3.63) is 35.1 Å². The summed E-state index contributed by atoms with van der Waals surface area (Å²) in [7, 11) is 0. The van der Waals surface area contributed by atoms with Crippen LogP contribution in [0.25, 0.3) is 0 Å². The van der Waals surface area contributed by atoms with Gasteiger partial charge in [0, 0.05) is 11.9 Å². The maximum atomic E-state index is 13.5. The van der Waals surface area contributed by atoms with E-state index >= 15 is 0 Å². The Morgan fingerprint density at radius 2 is 2.27 bits per heavy atom. The maximum Gasteiger partial charge on any atom is 0.254 e. The molecule has 4 heteroatoms. The molecule has 0 radical (unpaired) electrons. The Bertz CT molecular complexity index is 366. The van der Waals surface area contributed by atoms with Crippen molar-refractivity contribution in [1.82, 2.24) is 5.32 Å². The van der Waals surface area contributed by atoms with Crippen LogP contribution in [0.2, 0.25) is 0 Å². The standard InChI is InChI=1S/C11H13ClFNO/c1-7-4-3-5-9(10(7)13)11(15)14-6-8(2)12/h3-5,8H,6H2,1-2H3,(H,14,15). The van der Waals surface area contributed by atoms with Gasteiger partial charge in [-0.05, 0) is 25.5 Å². The number of halogens is 2. The molecule has 0 aliphatic rings. The molecule has 0 saturated carbocycles. The average Bonchev–Trinajstić information content (AvgIpc) is 2.18. The second kappa shape index (κ2) is 5.12. The van der Waals surface area contributed by atoms with Crippen LogP contribution in [-0.2, 0) is 0 Å². The summed E-state index contributed by atoms with van der Waals surface area (Å²) in [4.78, 5) is 11.5. The van der Waals surface area contributed by atoms with E-state index in [9.17, 15) is 9.18 Å². The van der Waals surface area contributed by atoms with E-state index in [1.807, 2.05) is 0 Å². The van der Waals surface area contributed by atoms with Gasteiger partial charge in [-0.3, -0.25) is 4.79 Å². The first-order chi connectivity index (χ1) is 7.02. The lowest BCUT2D eigenvalue weighted by Crippen LogP contribution is -2.29. The number of carbonyl (C=O) groups is 1. The molecule has 1 aromatic carbocycles. The normalized spacial score (nSPS) is 12.3. The van der Waals surface area contributed by atoms with Crippen molar-refractivity contribution < 1.29 is 9.18 Å². The Hall–Kier alpha value is -1.09. The van der Waals surface area contributed by atoms with Gasteiger partial charge in [-0.15, -0.1) is 11.6 Å². The van der Waals surface area contributed by atoms with Crippen LogP contribution in [0.1, 0.15) is 22.8 Å². The van der Waals surface area contributed by atoms with E-state index in [2.05, 4.69) is 5.32 Å². The molecule has 0 fully saturated rings. The summed E-state index contributed by atoms with van der Waals surface area (Å²) in [6.07, 6.45) is 0. The molecule has 1 N–H and O–H groups in total. The van der Waals surface area contributed by atoms with E-state index in [1.54, 1.807) is 26.0 Å². The molecular weight excluding hydrogens is 217 g/mol. The Labute approximate surface area is 93.4 Å². The molecule has 0 aliphatic heterocycles. The number of aryl methyl sites for hydroxylation is 1. The van der Waals surface area contributed by atoms with Crippen molar-refractivity contribution in [3.8, 4) is 0 Å². The third-order valence-corrected chi connectivity index (χ3v) is 2.13. The fraction of sp³-hybridized carbons (Fsp3) is 0.364. The number of benzene rings is 1. The van der Waals surface area contributed by atoms with Gasteiger partial charge >= 0.3 is 0 Å². The van der Waals surface area contributed by atoms with Crippen molar-refractivity contribution >= 4 is 17.5 Å². The Morgan fingerprint density at radius 3 is 2.87 bits per heavy atom. The van der Waals surface area contributed by atoms with Gasteiger partial charge in [-0.25, -0.2) is 4.39 Å². The summed E-state index contributed by atoms with van der Waals surface area (Å²) in [6, 6.07) is 4.73. The SMILES string of the molecule is Cc1cccc(C(=O)NCC(C)Cl)c1F. The summed E-state index contributed by atoms with van der Waals surface area (Å²) in [5, 5.41) is 2.39. The Balaban J connectivity index is 2.78. The molecule has 0 saturated heterocycles. The van der Waals surface area contributed by atoms with Crippen LogP contribution in [0.3, 0.4) is 0 Å². The zero-order chi connectivity index (χ0) is 11.4. The first kappa shape index (κ1) is 12.0. The van der Waals surface area contributed by atoms with E-state index in [0.29, 0.717) is 12.1 Å². The zero-order valence-corrected chi connectivity index (χ0v) is 9.44. The second-order valence-corrected chi connectivity index (χ2v) is 4.17. The van der Waals surface area contributed by atoms with Crippen LogP contribution in [0, 0.1) is 12.7 Å². The molecule has 1 amide bonds. The fourth-order valence-electron chi connectivity index (χ4n) is 1.15. The quantitative estimate of drug-likeness (QED) is 0.793. The number of rotatable bonds is 3. The van der Waals surface area contributed by atoms with Gasteiger partial charge in [0.2, 0.25) is 0 Å². The number of hydrogen-bond donors (Lipinski definition) is 1. The molecule has 0 heterocycles. The molecule has 0 aromatic heterocycles. The maximum absolute atomic E-state index is 13.5. The van der Waals surface area contributed by atoms with Crippen molar-refractivity contribution in [3.63, 3.8) is 0 Å². The molecule has 0 spiro atoms. The smallest absolute Gasteiger partial charge is 0.254 e. The third-order valence-electron chi connectivity index (χ3n) is 1.98. The van der Waals surface area contributed by atoms with Crippen molar-refractivity contribution in [2.75, 3.05) is 6.54 Å². The van der Waals surface area contributed by atoms with Gasteiger partial charge in [0.25, 0.3) is 5.91 Å². The Morgan fingerprint density at radius 1 is 1.60 bits per heavy atom. The molecule has 2 nitrogen and oxygen atoms in total. The minimum absolute atomic E-state index is 0.0623. The molecule has 82 valence electrons. The summed E-state index contributed by atoms with van der Waals surface area (Å²) in [6.45, 7) is 3.71. The lowest BCUT2D eigenvalue weighted by atomic mass is 10.1. The van der Waals surface area contributed by atoms with Crippen LogP contribution < -0.4 is 5.32 Å². The minimum atomic E-state index is -0.475. The highest BCUT2D eigenvalue weighted by molar-refractivity contribution is 6.20. The number of carbonyl (C=O) groups excluding carboxylic acids is 1. The van der Waals surface area contributed by atoms with Gasteiger partial charge in [-0.2, -0.15) is 0 Å². The van der Waals surface area contributed by atoms with E-state index in [1.165, 1.54) is 6.07 Å². The molecular formula is C11H13ClFNO. The number of nitrogens with one attached hydrogen (secondary N) is 1. The fourth-order valence-corrected chi connectivity index (χ4v) is 1.23. The number of hydrogen-bond acceptors (Lipinski definition) is 1. The van der Waals surface area contributed by atoms with E-state index in [4.69, 9.17) is 11.6 Å². The zero-order valence-electron chi connectivity index (χ0n) is 8.68. The lowest BCUT2D eigenvalue weighted by molar-refractivity contribution is 0.0949. The topological polar surface area (TPSA) is 29.1 Å². The lowest BCUT2D eigenvalue weighted by Gasteiger charge is -2.08. The average molecular weight is 230 g/mol. The summed E-state index contributed by atoms with van der Waals surface area (Å²) >= 11 is 5.67. The molecule has 1 unspecified atom stereocenters. The number of amides is 1. The van der Waals surface area contributed by atoms with Crippen molar-refractivity contribution in [2.45, 2.75) is 19.2 Å². The molecule has 1 atom stereocenters. The van der Waals surface area contributed by atoms with Crippen LogP contribution in [-0.4, -0.2) is 17.8 Å². The van der Waals surface area contributed by atoms with Gasteiger partial charge in [0.05, 0.1) is 5.56 Å². The first-order valence-electron chi connectivity index (χ1n) is 4.69. The summed E-state index contributed by atoms with van der Waals surface area (Å²) < 4.78 is 13.5. The first-order valence-corrected chi connectivity index (χ1v) is 5.13. The van der Waals surface area contributed by atoms with E-state index < -0.39 is 11.7 Å². The predicted octanol–water partition coefficient (Wildman–Crippen LogP) is 2.49. The Kier molecular flexibility index (Phi) is 4.09. The minimum Gasteiger partial charge on any atom is -0.350 e. The molecule has 1 aromatic rings. The highest BCUT2D eigenvalue weighted by Gasteiger charge is 2.12. The highest BCUT2D eigenvalue weighted by Crippen LogP contribution is 2.11. The number of alkyl halides is 1. The molecule has 1 rings (SSSR count). The predicted molar refractivity (Wildman–Crippen MR) is 58.8 cm³/mol. The second-order valence-electron chi connectivity index (χ2n) is 3.43. The summed E-state index contributed by atoms with van der Waals surface area (Å²) in [5.74, 6) is -0.902. The van der Waals surface area contributed by atoms with Crippen molar-refractivity contribution in [2.24, 2.45) is 0 Å². The van der Waals surface area contributed by atoms with Gasteiger partial charge in [0.1, 0.15) is 5.82 Å². The van der Waals surface area contributed by atoms with Gasteiger partial charge in [0.15, 0.2) is 0 Å². The third kappa shape index (κ3) is 3.20. The van der Waals surface area contributed by atoms with Gasteiger partial charge < -0.3 is 5.32 Å². The van der Waals surface area contributed by atoms with Crippen LogP contribution in [0.5, 0.6) is 0 Å². The summed E-state index contributed by atoms with van der Waals surface area (Å²) in [5.41, 5.74) is 0.522. The monoisotopic (exact) mass is 229 g/mol. The molecule has 0 bridgehead atoms. The van der Waals surface area contributed by atoms with Crippen LogP contribution in [0.15, 0.2) is 18.2 Å².